The lowest BCUT2D eigenvalue weighted by atomic mass is 10.2. The standard InChI is InChI=1S/C23H17N3O2S2/c27-21(19-11-5-13-24-23(19)30-18-9-2-1-3-10-18)25-16-7-4-8-17(15-16)26-22(28)20-12-6-14-29-20/h1-15H,(H,25,27)(H,26,28). The SMILES string of the molecule is O=C(Nc1cccc(NC(=O)c2cccnc2Sc2ccccc2)c1)c1cccs1. The van der Waals surface area contributed by atoms with Gasteiger partial charge in [0.15, 0.2) is 0 Å². The molecule has 0 unspecified atom stereocenters. The molecule has 2 amide bonds. The summed E-state index contributed by atoms with van der Waals surface area (Å²) in [6.45, 7) is 0. The van der Waals surface area contributed by atoms with E-state index in [1.165, 1.54) is 23.1 Å². The van der Waals surface area contributed by atoms with Crippen LogP contribution in [0.4, 0.5) is 11.4 Å². The average molecular weight is 432 g/mol. The van der Waals surface area contributed by atoms with Crippen LogP contribution in [0.15, 0.2) is 100 Å². The minimum atomic E-state index is -0.261. The van der Waals surface area contributed by atoms with Crippen LogP contribution >= 0.6 is 23.1 Å². The Bertz CT molecular complexity index is 1160. The number of rotatable bonds is 6. The minimum Gasteiger partial charge on any atom is -0.322 e. The second kappa shape index (κ2) is 9.39. The van der Waals surface area contributed by atoms with Crippen LogP contribution in [0.2, 0.25) is 0 Å². The molecule has 7 heteroatoms. The summed E-state index contributed by atoms with van der Waals surface area (Å²) in [6, 6.07) is 23.9. The number of nitrogens with zero attached hydrogens (tertiary/aromatic N) is 1. The average Bonchev–Trinajstić information content (AvgIpc) is 3.30. The van der Waals surface area contributed by atoms with Gasteiger partial charge in [0.25, 0.3) is 11.8 Å². The number of hydrogen-bond donors (Lipinski definition) is 2. The highest BCUT2D eigenvalue weighted by molar-refractivity contribution is 7.99. The molecule has 4 rings (SSSR count). The number of carbonyl (C=O) groups excluding carboxylic acids is 2. The van der Waals surface area contributed by atoms with Crippen molar-refractivity contribution in [3.8, 4) is 0 Å². The Morgan fingerprint density at radius 3 is 2.30 bits per heavy atom. The van der Waals surface area contributed by atoms with E-state index < -0.39 is 0 Å². The molecule has 0 atom stereocenters. The Morgan fingerprint density at radius 2 is 1.57 bits per heavy atom. The van der Waals surface area contributed by atoms with Gasteiger partial charge in [-0.25, -0.2) is 4.98 Å². The predicted molar refractivity (Wildman–Crippen MR) is 121 cm³/mol. The van der Waals surface area contributed by atoms with Gasteiger partial charge in [0.05, 0.1) is 10.4 Å². The van der Waals surface area contributed by atoms with Crippen LogP contribution in [0.1, 0.15) is 20.0 Å². The van der Waals surface area contributed by atoms with Crippen molar-refractivity contribution in [2.45, 2.75) is 9.92 Å². The summed E-state index contributed by atoms with van der Waals surface area (Å²) in [4.78, 5) is 31.1. The summed E-state index contributed by atoms with van der Waals surface area (Å²) in [6.07, 6.45) is 1.67. The van der Waals surface area contributed by atoms with E-state index in [1.54, 1.807) is 48.7 Å². The number of pyridine rings is 1. The monoisotopic (exact) mass is 431 g/mol. The van der Waals surface area contributed by atoms with Crippen LogP contribution in [-0.2, 0) is 0 Å². The van der Waals surface area contributed by atoms with E-state index in [0.717, 1.165) is 4.90 Å². The zero-order valence-corrected chi connectivity index (χ0v) is 17.4. The lowest BCUT2D eigenvalue weighted by Crippen LogP contribution is -2.14. The molecule has 0 aliphatic rings. The molecule has 0 saturated heterocycles. The first kappa shape index (κ1) is 19.9. The van der Waals surface area contributed by atoms with Crippen LogP contribution in [0, 0.1) is 0 Å². The van der Waals surface area contributed by atoms with Gasteiger partial charge in [0.1, 0.15) is 5.03 Å². The molecule has 2 aromatic heterocycles. The molecule has 0 bridgehead atoms. The van der Waals surface area contributed by atoms with Crippen molar-refractivity contribution >= 4 is 46.3 Å². The maximum absolute atomic E-state index is 12.9. The summed E-state index contributed by atoms with van der Waals surface area (Å²) in [5.41, 5.74) is 1.68. The summed E-state index contributed by atoms with van der Waals surface area (Å²) in [7, 11) is 0. The van der Waals surface area contributed by atoms with Crippen LogP contribution in [0.3, 0.4) is 0 Å². The Hall–Kier alpha value is -3.42. The van der Waals surface area contributed by atoms with Crippen LogP contribution < -0.4 is 10.6 Å². The molecule has 2 N–H and O–H groups in total. The number of amides is 2. The van der Waals surface area contributed by atoms with Crippen molar-refractivity contribution < 1.29 is 9.59 Å². The first-order valence-corrected chi connectivity index (χ1v) is 10.8. The summed E-state index contributed by atoms with van der Waals surface area (Å²) >= 11 is 2.81. The Balaban J connectivity index is 1.49. The molecule has 2 aromatic carbocycles. The van der Waals surface area contributed by atoms with Gasteiger partial charge in [0, 0.05) is 22.5 Å². The zero-order valence-electron chi connectivity index (χ0n) is 15.7. The lowest BCUT2D eigenvalue weighted by Gasteiger charge is -2.10. The number of carbonyl (C=O) groups is 2. The molecule has 0 fully saturated rings. The van der Waals surface area contributed by atoms with Gasteiger partial charge in [-0.15, -0.1) is 11.3 Å². The van der Waals surface area contributed by atoms with Crippen molar-refractivity contribution in [3.63, 3.8) is 0 Å². The van der Waals surface area contributed by atoms with Crippen molar-refractivity contribution in [3.05, 3.63) is 101 Å². The first-order valence-electron chi connectivity index (χ1n) is 9.13. The Kier molecular flexibility index (Phi) is 6.22. The fourth-order valence-electron chi connectivity index (χ4n) is 2.72. The highest BCUT2D eigenvalue weighted by Crippen LogP contribution is 2.29. The molecular formula is C23H17N3O2S2. The molecule has 0 spiro atoms. The summed E-state index contributed by atoms with van der Waals surface area (Å²) < 4.78 is 0. The van der Waals surface area contributed by atoms with E-state index in [2.05, 4.69) is 15.6 Å². The molecule has 148 valence electrons. The number of aromatic nitrogens is 1. The van der Waals surface area contributed by atoms with Gasteiger partial charge in [-0.3, -0.25) is 9.59 Å². The molecule has 0 radical (unpaired) electrons. The molecule has 30 heavy (non-hydrogen) atoms. The number of benzene rings is 2. The fraction of sp³-hybridized carbons (Fsp3) is 0. The van der Waals surface area contributed by atoms with E-state index >= 15 is 0 Å². The molecule has 2 heterocycles. The van der Waals surface area contributed by atoms with E-state index in [9.17, 15) is 9.59 Å². The van der Waals surface area contributed by atoms with Crippen molar-refractivity contribution in [1.82, 2.24) is 4.98 Å². The minimum absolute atomic E-state index is 0.178. The van der Waals surface area contributed by atoms with Crippen LogP contribution in [0.25, 0.3) is 0 Å². The van der Waals surface area contributed by atoms with Gasteiger partial charge in [-0.05, 0) is 53.9 Å². The van der Waals surface area contributed by atoms with Gasteiger partial charge in [-0.1, -0.05) is 42.1 Å². The third-order valence-corrected chi connectivity index (χ3v) is 5.99. The highest BCUT2D eigenvalue weighted by atomic mass is 32.2. The molecule has 0 saturated carbocycles. The number of anilines is 2. The van der Waals surface area contributed by atoms with E-state index in [4.69, 9.17) is 0 Å². The largest absolute Gasteiger partial charge is 0.322 e. The fourth-order valence-corrected chi connectivity index (χ4v) is 4.24. The zero-order chi connectivity index (χ0) is 20.8. The van der Waals surface area contributed by atoms with Crippen molar-refractivity contribution in [1.29, 1.82) is 0 Å². The maximum atomic E-state index is 12.9. The molecular weight excluding hydrogens is 414 g/mol. The Labute approximate surface area is 182 Å². The van der Waals surface area contributed by atoms with Gasteiger partial charge < -0.3 is 10.6 Å². The van der Waals surface area contributed by atoms with Crippen molar-refractivity contribution in [2.75, 3.05) is 10.6 Å². The first-order chi connectivity index (χ1) is 14.7. The van der Waals surface area contributed by atoms with E-state index in [0.29, 0.717) is 26.8 Å². The molecule has 0 aliphatic heterocycles. The second-order valence-electron chi connectivity index (χ2n) is 6.24. The van der Waals surface area contributed by atoms with Gasteiger partial charge >= 0.3 is 0 Å². The van der Waals surface area contributed by atoms with Gasteiger partial charge in [-0.2, -0.15) is 0 Å². The van der Waals surface area contributed by atoms with Gasteiger partial charge in [0.2, 0.25) is 0 Å². The third-order valence-electron chi connectivity index (χ3n) is 4.10. The predicted octanol–water partition coefficient (Wildman–Crippen LogP) is 5.80. The summed E-state index contributed by atoms with van der Waals surface area (Å²) in [5, 5.41) is 8.22. The maximum Gasteiger partial charge on any atom is 0.265 e. The quantitative estimate of drug-likeness (QED) is 0.405. The van der Waals surface area contributed by atoms with Crippen LogP contribution in [-0.4, -0.2) is 16.8 Å². The number of thiophene rings is 1. The topological polar surface area (TPSA) is 71.1 Å². The second-order valence-corrected chi connectivity index (χ2v) is 8.25. The third kappa shape index (κ3) is 4.94. The number of hydrogen-bond acceptors (Lipinski definition) is 5. The van der Waals surface area contributed by atoms with E-state index in [1.807, 2.05) is 41.8 Å². The number of nitrogens with one attached hydrogen (secondary N) is 2. The van der Waals surface area contributed by atoms with Crippen molar-refractivity contribution in [2.24, 2.45) is 0 Å². The normalized spacial score (nSPS) is 10.4. The molecule has 4 aromatic rings. The van der Waals surface area contributed by atoms with E-state index in [-0.39, 0.29) is 11.8 Å². The molecule has 5 nitrogen and oxygen atoms in total. The summed E-state index contributed by atoms with van der Waals surface area (Å²) in [5.74, 6) is -0.439. The van der Waals surface area contributed by atoms with Crippen LogP contribution in [0.5, 0.6) is 0 Å². The smallest absolute Gasteiger partial charge is 0.265 e. The lowest BCUT2D eigenvalue weighted by molar-refractivity contribution is 0.101. The highest BCUT2D eigenvalue weighted by Gasteiger charge is 2.14. The Morgan fingerprint density at radius 1 is 0.800 bits per heavy atom. The molecule has 0 aliphatic carbocycles.